The second-order valence-electron chi connectivity index (χ2n) is 5.10. The van der Waals surface area contributed by atoms with Crippen LogP contribution in [0.25, 0.3) is 0 Å². The lowest BCUT2D eigenvalue weighted by atomic mass is 10.1. The molecule has 0 aromatic carbocycles. The zero-order chi connectivity index (χ0) is 11.6. The van der Waals surface area contributed by atoms with Gasteiger partial charge in [-0.15, -0.1) is 0 Å². The third-order valence-corrected chi connectivity index (χ3v) is 2.90. The summed E-state index contributed by atoms with van der Waals surface area (Å²) < 4.78 is 5.01. The summed E-state index contributed by atoms with van der Waals surface area (Å²) in [7, 11) is 0. The van der Waals surface area contributed by atoms with Crippen molar-refractivity contribution in [1.82, 2.24) is 4.90 Å². The van der Waals surface area contributed by atoms with E-state index in [0.717, 1.165) is 6.54 Å². The van der Waals surface area contributed by atoms with Crippen LogP contribution in [0.5, 0.6) is 0 Å². The predicted molar refractivity (Wildman–Crippen MR) is 59.4 cm³/mol. The maximum atomic E-state index is 11.6. The molecule has 1 saturated heterocycles. The molecule has 2 N–H and O–H groups in total. The van der Waals surface area contributed by atoms with Crippen LogP contribution in [0.4, 0.5) is 0 Å². The van der Waals surface area contributed by atoms with Gasteiger partial charge in [-0.3, -0.25) is 9.69 Å². The van der Waals surface area contributed by atoms with Crippen LogP contribution in [0.1, 0.15) is 27.7 Å². The molecule has 0 bridgehead atoms. The van der Waals surface area contributed by atoms with E-state index in [1.54, 1.807) is 0 Å². The van der Waals surface area contributed by atoms with E-state index in [1.807, 2.05) is 6.92 Å². The highest BCUT2D eigenvalue weighted by molar-refractivity contribution is 5.74. The minimum atomic E-state index is -0.163. The summed E-state index contributed by atoms with van der Waals surface area (Å²) in [5.41, 5.74) is 6.02. The smallest absolute Gasteiger partial charge is 0.311 e. The normalized spacial score (nSPS) is 28.1. The topological polar surface area (TPSA) is 55.6 Å². The Labute approximate surface area is 91.8 Å². The minimum absolute atomic E-state index is 0.0683. The predicted octanol–water partition coefficient (Wildman–Crippen LogP) is 0.607. The summed E-state index contributed by atoms with van der Waals surface area (Å²) in [4.78, 5) is 13.8. The number of rotatable bonds is 2. The van der Waals surface area contributed by atoms with Crippen molar-refractivity contribution >= 4 is 5.97 Å². The molecule has 1 rings (SSSR count). The van der Waals surface area contributed by atoms with E-state index in [0.29, 0.717) is 13.2 Å². The Morgan fingerprint density at radius 2 is 2.07 bits per heavy atom. The number of nitrogens with two attached hydrogens (primary N) is 1. The van der Waals surface area contributed by atoms with Crippen molar-refractivity contribution < 1.29 is 9.53 Å². The minimum Gasteiger partial charge on any atom is -0.466 e. The van der Waals surface area contributed by atoms with E-state index in [4.69, 9.17) is 10.5 Å². The Morgan fingerprint density at radius 3 is 2.47 bits per heavy atom. The molecule has 15 heavy (non-hydrogen) atoms. The number of ether oxygens (including phenoxy) is 1. The molecule has 4 nitrogen and oxygen atoms in total. The number of esters is 1. The largest absolute Gasteiger partial charge is 0.466 e. The molecule has 1 aliphatic rings. The number of nitrogens with zero attached hydrogens (tertiary/aromatic N) is 1. The molecule has 0 aromatic heterocycles. The molecule has 0 unspecified atom stereocenters. The van der Waals surface area contributed by atoms with Gasteiger partial charge in [-0.2, -0.15) is 0 Å². The third-order valence-electron chi connectivity index (χ3n) is 2.90. The molecule has 0 aliphatic carbocycles. The Hall–Kier alpha value is -0.610. The first-order valence-corrected chi connectivity index (χ1v) is 5.53. The Balaban J connectivity index is 2.60. The summed E-state index contributed by atoms with van der Waals surface area (Å²) in [5, 5.41) is 0. The van der Waals surface area contributed by atoms with Crippen molar-refractivity contribution in [3.8, 4) is 0 Å². The number of carbonyl (C=O) groups excluding carboxylic acids is 1. The van der Waals surface area contributed by atoms with Gasteiger partial charge in [-0.05, 0) is 27.7 Å². The molecule has 1 heterocycles. The summed E-state index contributed by atoms with van der Waals surface area (Å²) in [6, 6.07) is -0.0942. The quantitative estimate of drug-likeness (QED) is 0.684. The highest BCUT2D eigenvalue weighted by atomic mass is 16.5. The van der Waals surface area contributed by atoms with Crippen LogP contribution in [0.15, 0.2) is 0 Å². The number of hydrogen-bond acceptors (Lipinski definition) is 4. The maximum absolute atomic E-state index is 11.6. The van der Waals surface area contributed by atoms with Crippen LogP contribution in [0.2, 0.25) is 0 Å². The van der Waals surface area contributed by atoms with Crippen LogP contribution < -0.4 is 5.73 Å². The first-order chi connectivity index (χ1) is 6.86. The highest BCUT2D eigenvalue weighted by Crippen LogP contribution is 2.24. The number of carbonyl (C=O) groups is 1. The fourth-order valence-corrected chi connectivity index (χ4v) is 1.88. The fraction of sp³-hybridized carbons (Fsp3) is 0.909. The molecular formula is C11H22N2O2. The molecule has 0 radical (unpaired) electrons. The lowest BCUT2D eigenvalue weighted by Crippen LogP contribution is -2.40. The molecule has 1 fully saturated rings. The molecule has 0 saturated carbocycles. The van der Waals surface area contributed by atoms with Crippen LogP contribution in [-0.4, -0.2) is 42.1 Å². The molecule has 2 atom stereocenters. The van der Waals surface area contributed by atoms with Gasteiger partial charge in [-0.25, -0.2) is 0 Å². The SMILES string of the molecule is CCOC(=O)[C@@H]1CN(C(C)(C)C)C[C@@H]1N. The zero-order valence-electron chi connectivity index (χ0n) is 10.1. The van der Waals surface area contributed by atoms with Gasteiger partial charge in [0, 0.05) is 24.7 Å². The van der Waals surface area contributed by atoms with Crippen molar-refractivity contribution in [2.45, 2.75) is 39.3 Å². The van der Waals surface area contributed by atoms with Crippen LogP contribution in [0, 0.1) is 5.92 Å². The van der Waals surface area contributed by atoms with E-state index < -0.39 is 0 Å². The highest BCUT2D eigenvalue weighted by Gasteiger charge is 2.40. The van der Waals surface area contributed by atoms with Gasteiger partial charge >= 0.3 is 5.97 Å². The van der Waals surface area contributed by atoms with Crippen LogP contribution in [-0.2, 0) is 9.53 Å². The summed E-state index contributed by atoms with van der Waals surface area (Å²) in [6.07, 6.45) is 0. The van der Waals surface area contributed by atoms with Crippen LogP contribution >= 0.6 is 0 Å². The van der Waals surface area contributed by atoms with Gasteiger partial charge in [0.15, 0.2) is 0 Å². The lowest BCUT2D eigenvalue weighted by molar-refractivity contribution is -0.147. The average Bonchev–Trinajstić information content (AvgIpc) is 2.47. The molecule has 4 heteroatoms. The first kappa shape index (κ1) is 12.5. The average molecular weight is 214 g/mol. The van der Waals surface area contributed by atoms with Gasteiger partial charge in [0.2, 0.25) is 0 Å². The van der Waals surface area contributed by atoms with Gasteiger partial charge in [0.05, 0.1) is 12.5 Å². The van der Waals surface area contributed by atoms with E-state index in [2.05, 4.69) is 25.7 Å². The zero-order valence-corrected chi connectivity index (χ0v) is 10.1. The Bertz CT molecular complexity index is 235. The first-order valence-electron chi connectivity index (χ1n) is 5.53. The lowest BCUT2D eigenvalue weighted by Gasteiger charge is -2.31. The molecule has 0 spiro atoms. The van der Waals surface area contributed by atoms with Crippen molar-refractivity contribution in [1.29, 1.82) is 0 Å². The van der Waals surface area contributed by atoms with Crippen molar-refractivity contribution in [2.24, 2.45) is 11.7 Å². The molecular weight excluding hydrogens is 192 g/mol. The van der Waals surface area contributed by atoms with Gasteiger partial charge in [-0.1, -0.05) is 0 Å². The van der Waals surface area contributed by atoms with Crippen LogP contribution in [0.3, 0.4) is 0 Å². The van der Waals surface area contributed by atoms with Gasteiger partial charge in [0.25, 0.3) is 0 Å². The van der Waals surface area contributed by atoms with Gasteiger partial charge in [0.1, 0.15) is 0 Å². The van der Waals surface area contributed by atoms with Crippen molar-refractivity contribution in [3.05, 3.63) is 0 Å². The molecule has 88 valence electrons. The summed E-state index contributed by atoms with van der Waals surface area (Å²) >= 11 is 0. The van der Waals surface area contributed by atoms with E-state index in [1.165, 1.54) is 0 Å². The van der Waals surface area contributed by atoms with Crippen molar-refractivity contribution in [2.75, 3.05) is 19.7 Å². The van der Waals surface area contributed by atoms with Gasteiger partial charge < -0.3 is 10.5 Å². The Morgan fingerprint density at radius 1 is 1.47 bits per heavy atom. The van der Waals surface area contributed by atoms with Crippen molar-refractivity contribution in [3.63, 3.8) is 0 Å². The van der Waals surface area contributed by atoms with E-state index >= 15 is 0 Å². The van der Waals surface area contributed by atoms with E-state index in [9.17, 15) is 4.79 Å². The summed E-state index contributed by atoms with van der Waals surface area (Å²) in [6.45, 7) is 10.1. The second-order valence-corrected chi connectivity index (χ2v) is 5.10. The molecule has 1 aliphatic heterocycles. The third kappa shape index (κ3) is 2.92. The Kier molecular flexibility index (Phi) is 3.73. The monoisotopic (exact) mass is 214 g/mol. The number of hydrogen-bond donors (Lipinski definition) is 1. The fourth-order valence-electron chi connectivity index (χ4n) is 1.88. The molecule has 0 amide bonds. The number of likely N-dealkylation sites (tertiary alicyclic amines) is 1. The standard InChI is InChI=1S/C11H22N2O2/c1-5-15-10(14)8-6-13(7-9(8)12)11(2,3)4/h8-9H,5-7,12H2,1-4H3/t8-,9+/m1/s1. The second kappa shape index (κ2) is 4.49. The van der Waals surface area contributed by atoms with E-state index in [-0.39, 0.29) is 23.5 Å². The summed E-state index contributed by atoms with van der Waals surface area (Å²) in [5.74, 6) is -0.319. The molecule has 0 aromatic rings. The maximum Gasteiger partial charge on any atom is 0.311 e.